The van der Waals surface area contributed by atoms with Crippen LogP contribution in [0.15, 0.2) is 54.6 Å². The monoisotopic (exact) mass is 357 g/mol. The van der Waals surface area contributed by atoms with Gasteiger partial charge in [-0.1, -0.05) is 42.5 Å². The van der Waals surface area contributed by atoms with Gasteiger partial charge in [0.15, 0.2) is 0 Å². The van der Waals surface area contributed by atoms with Gasteiger partial charge in [0.1, 0.15) is 12.4 Å². The summed E-state index contributed by atoms with van der Waals surface area (Å²) in [5, 5.41) is 2.96. The molecule has 2 aromatic rings. The van der Waals surface area contributed by atoms with E-state index < -0.39 is 0 Å². The Balaban J connectivity index is 1.55. The van der Waals surface area contributed by atoms with Crippen LogP contribution in [-0.2, 0) is 26.3 Å². The van der Waals surface area contributed by atoms with Crippen molar-refractivity contribution in [3.05, 3.63) is 71.5 Å². The largest absolute Gasteiger partial charge is 0.381 e. The van der Waals surface area contributed by atoms with Crippen LogP contribution < -0.4 is 5.32 Å². The molecule has 5 heteroatoms. The van der Waals surface area contributed by atoms with Crippen LogP contribution in [0.2, 0.25) is 0 Å². The second-order valence-electron chi connectivity index (χ2n) is 6.66. The fraction of sp³-hybridized carbons (Fsp3) is 0.381. The molecule has 1 aliphatic heterocycles. The maximum atomic E-state index is 13.7. The molecule has 0 unspecified atom stereocenters. The zero-order valence-electron chi connectivity index (χ0n) is 14.7. The maximum absolute atomic E-state index is 13.7. The van der Waals surface area contributed by atoms with Gasteiger partial charge in [-0.15, -0.1) is 0 Å². The molecule has 138 valence electrons. The molecule has 2 aromatic carbocycles. The Morgan fingerprint density at radius 2 is 1.88 bits per heavy atom. The van der Waals surface area contributed by atoms with E-state index in [-0.39, 0.29) is 23.7 Å². The Labute approximate surface area is 153 Å². The number of rotatable bonds is 7. The summed E-state index contributed by atoms with van der Waals surface area (Å²) in [5.74, 6) is -0.422. The Hall–Kier alpha value is -2.24. The minimum Gasteiger partial charge on any atom is -0.381 e. The second-order valence-corrected chi connectivity index (χ2v) is 6.66. The molecule has 1 heterocycles. The van der Waals surface area contributed by atoms with Crippen LogP contribution in [0.25, 0.3) is 0 Å². The van der Waals surface area contributed by atoms with Crippen LogP contribution in [-0.4, -0.2) is 32.3 Å². The van der Waals surface area contributed by atoms with Crippen molar-refractivity contribution < 1.29 is 18.7 Å². The predicted molar refractivity (Wildman–Crippen MR) is 97.2 cm³/mol. The number of hydrogen-bond donors (Lipinski definition) is 1. The SMILES string of the molecule is O=C(COCc1ccccc1)NCC1(c2cccc(F)c2)CCOCC1. The van der Waals surface area contributed by atoms with Gasteiger partial charge in [0.25, 0.3) is 0 Å². The molecule has 0 aromatic heterocycles. The fourth-order valence-electron chi connectivity index (χ4n) is 3.30. The molecule has 1 saturated heterocycles. The Morgan fingerprint density at radius 1 is 1.12 bits per heavy atom. The predicted octanol–water partition coefficient (Wildman–Crippen LogP) is 3.21. The first-order valence-corrected chi connectivity index (χ1v) is 8.90. The second kappa shape index (κ2) is 8.92. The number of carbonyl (C=O) groups is 1. The minimum absolute atomic E-state index is 0.00459. The van der Waals surface area contributed by atoms with Crippen LogP contribution in [0.4, 0.5) is 4.39 Å². The molecule has 1 amide bonds. The normalized spacial score (nSPS) is 16.2. The summed E-state index contributed by atoms with van der Waals surface area (Å²) in [5.41, 5.74) is 1.64. The van der Waals surface area contributed by atoms with Gasteiger partial charge in [-0.3, -0.25) is 4.79 Å². The summed E-state index contributed by atoms with van der Waals surface area (Å²) in [6.07, 6.45) is 1.50. The zero-order valence-corrected chi connectivity index (χ0v) is 14.7. The number of ether oxygens (including phenoxy) is 2. The molecule has 4 nitrogen and oxygen atoms in total. The molecular formula is C21H24FNO3. The lowest BCUT2D eigenvalue weighted by molar-refractivity contribution is -0.126. The highest BCUT2D eigenvalue weighted by molar-refractivity contribution is 5.77. The van der Waals surface area contributed by atoms with E-state index in [2.05, 4.69) is 5.32 Å². The summed E-state index contributed by atoms with van der Waals surface area (Å²) < 4.78 is 24.6. The number of amides is 1. The first-order valence-electron chi connectivity index (χ1n) is 8.90. The third-order valence-electron chi connectivity index (χ3n) is 4.86. The molecule has 0 bridgehead atoms. The van der Waals surface area contributed by atoms with Crippen molar-refractivity contribution in [2.75, 3.05) is 26.4 Å². The maximum Gasteiger partial charge on any atom is 0.246 e. The lowest BCUT2D eigenvalue weighted by Gasteiger charge is -2.38. The molecule has 1 N–H and O–H groups in total. The van der Waals surface area contributed by atoms with Gasteiger partial charge in [0, 0.05) is 25.2 Å². The van der Waals surface area contributed by atoms with Crippen LogP contribution >= 0.6 is 0 Å². The molecule has 26 heavy (non-hydrogen) atoms. The molecule has 0 radical (unpaired) electrons. The number of benzene rings is 2. The summed E-state index contributed by atoms with van der Waals surface area (Å²) in [4.78, 5) is 12.2. The number of carbonyl (C=O) groups excluding carboxylic acids is 1. The van der Waals surface area contributed by atoms with E-state index in [1.807, 2.05) is 36.4 Å². The van der Waals surface area contributed by atoms with Crippen molar-refractivity contribution >= 4 is 5.91 Å². The van der Waals surface area contributed by atoms with Gasteiger partial charge in [-0.25, -0.2) is 4.39 Å². The van der Waals surface area contributed by atoms with Crippen molar-refractivity contribution in [2.24, 2.45) is 0 Å². The van der Waals surface area contributed by atoms with E-state index in [0.717, 1.165) is 24.0 Å². The molecule has 0 spiro atoms. The van der Waals surface area contributed by atoms with Crippen LogP contribution in [0.3, 0.4) is 0 Å². The van der Waals surface area contributed by atoms with Crippen LogP contribution in [0.1, 0.15) is 24.0 Å². The summed E-state index contributed by atoms with van der Waals surface area (Å²) >= 11 is 0. The third-order valence-corrected chi connectivity index (χ3v) is 4.86. The highest BCUT2D eigenvalue weighted by Crippen LogP contribution is 2.34. The third kappa shape index (κ3) is 4.90. The van der Waals surface area contributed by atoms with E-state index in [1.54, 1.807) is 12.1 Å². The highest BCUT2D eigenvalue weighted by atomic mass is 19.1. The summed E-state index contributed by atoms with van der Waals surface area (Å²) in [6.45, 7) is 2.07. The quantitative estimate of drug-likeness (QED) is 0.828. The number of hydrogen-bond acceptors (Lipinski definition) is 3. The molecule has 1 aliphatic rings. The molecule has 0 aliphatic carbocycles. The Bertz CT molecular complexity index is 714. The van der Waals surface area contributed by atoms with Crippen molar-refractivity contribution in [3.8, 4) is 0 Å². The Morgan fingerprint density at radius 3 is 2.62 bits per heavy atom. The fourth-order valence-corrected chi connectivity index (χ4v) is 3.30. The lowest BCUT2D eigenvalue weighted by Crippen LogP contribution is -2.45. The van der Waals surface area contributed by atoms with Gasteiger partial charge in [0.2, 0.25) is 5.91 Å². The van der Waals surface area contributed by atoms with Crippen molar-refractivity contribution in [2.45, 2.75) is 24.9 Å². The van der Waals surface area contributed by atoms with E-state index in [1.165, 1.54) is 6.07 Å². The molecule has 0 atom stereocenters. The first kappa shape index (κ1) is 18.5. The highest BCUT2D eigenvalue weighted by Gasteiger charge is 2.35. The average molecular weight is 357 g/mol. The van der Waals surface area contributed by atoms with Gasteiger partial charge in [-0.2, -0.15) is 0 Å². The summed E-state index contributed by atoms with van der Waals surface area (Å²) in [6, 6.07) is 16.4. The standard InChI is InChI=1S/C21H24FNO3/c22-19-8-4-7-18(13-19)21(9-11-25-12-10-21)16-23-20(24)15-26-14-17-5-2-1-3-6-17/h1-8,13H,9-12,14-16H2,(H,23,24). The smallest absolute Gasteiger partial charge is 0.246 e. The topological polar surface area (TPSA) is 47.6 Å². The molecular weight excluding hydrogens is 333 g/mol. The van der Waals surface area contributed by atoms with E-state index in [4.69, 9.17) is 9.47 Å². The van der Waals surface area contributed by atoms with Gasteiger partial charge in [-0.05, 0) is 36.1 Å². The van der Waals surface area contributed by atoms with Gasteiger partial charge >= 0.3 is 0 Å². The molecule has 0 saturated carbocycles. The summed E-state index contributed by atoms with van der Waals surface area (Å²) in [7, 11) is 0. The van der Waals surface area contributed by atoms with E-state index in [9.17, 15) is 9.18 Å². The molecule has 3 rings (SSSR count). The lowest BCUT2D eigenvalue weighted by atomic mass is 9.74. The van der Waals surface area contributed by atoms with Gasteiger partial charge < -0.3 is 14.8 Å². The van der Waals surface area contributed by atoms with Crippen LogP contribution in [0.5, 0.6) is 0 Å². The Kier molecular flexibility index (Phi) is 6.36. The minimum atomic E-state index is -0.296. The van der Waals surface area contributed by atoms with Crippen molar-refractivity contribution in [1.82, 2.24) is 5.32 Å². The van der Waals surface area contributed by atoms with Crippen molar-refractivity contribution in [1.29, 1.82) is 0 Å². The first-order chi connectivity index (χ1) is 12.7. The van der Waals surface area contributed by atoms with Crippen LogP contribution in [0, 0.1) is 5.82 Å². The zero-order chi connectivity index (χ0) is 18.2. The number of halogens is 1. The van der Waals surface area contributed by atoms with E-state index >= 15 is 0 Å². The number of nitrogens with one attached hydrogen (secondary N) is 1. The average Bonchev–Trinajstić information content (AvgIpc) is 2.68. The van der Waals surface area contributed by atoms with Crippen molar-refractivity contribution in [3.63, 3.8) is 0 Å². The molecule has 1 fully saturated rings. The van der Waals surface area contributed by atoms with E-state index in [0.29, 0.717) is 26.4 Å². The van der Waals surface area contributed by atoms with Gasteiger partial charge in [0.05, 0.1) is 6.61 Å².